The lowest BCUT2D eigenvalue weighted by molar-refractivity contribution is 0.0635. The number of carbonyl (C=O) groups excluding carboxylic acids is 2. The first-order valence-corrected chi connectivity index (χ1v) is 17.1. The Morgan fingerprint density at radius 1 is 0.939 bits per heavy atom. The molecule has 2 aromatic carbocycles. The summed E-state index contributed by atoms with van der Waals surface area (Å²) in [5.41, 5.74) is 4.79. The van der Waals surface area contributed by atoms with Gasteiger partial charge in [0.1, 0.15) is 24.3 Å². The zero-order chi connectivity index (χ0) is 35.8. The number of ether oxygens (including phenoxy) is 2. The molecule has 1 amide bonds. The number of hydrogen-bond acceptors (Lipinski definition) is 10. The zero-order valence-corrected chi connectivity index (χ0v) is 30.8. The van der Waals surface area contributed by atoms with Gasteiger partial charge in [-0.05, 0) is 101 Å². The first-order valence-electron chi connectivity index (χ1n) is 16.3. The fourth-order valence-electron chi connectivity index (χ4n) is 5.31. The van der Waals surface area contributed by atoms with Gasteiger partial charge in [-0.1, -0.05) is 57.2 Å². The first kappa shape index (κ1) is 37.3. The maximum absolute atomic E-state index is 12.3. The highest BCUT2D eigenvalue weighted by Gasteiger charge is 2.25. The van der Waals surface area contributed by atoms with Crippen LogP contribution in [0, 0.1) is 19.3 Å². The van der Waals surface area contributed by atoms with Gasteiger partial charge in [0.2, 0.25) is 11.8 Å². The SMILES string of the molecule is Cc1cccc(C)c1-c1cc(OC[C@@H](CC(C)(C)C)N(C)Cc2cccc(NC(=O)OC(C)(C)C)n2)nc(NSc2cccc(C=O)c2)n1. The Labute approximate surface area is 294 Å². The lowest BCUT2D eigenvalue weighted by Crippen LogP contribution is -2.39. The van der Waals surface area contributed by atoms with Crippen molar-refractivity contribution < 1.29 is 19.1 Å². The van der Waals surface area contributed by atoms with Gasteiger partial charge < -0.3 is 9.47 Å². The highest BCUT2D eigenvalue weighted by molar-refractivity contribution is 8.00. The number of aromatic nitrogens is 3. The largest absolute Gasteiger partial charge is 0.476 e. The van der Waals surface area contributed by atoms with Crippen LogP contribution in [0.3, 0.4) is 0 Å². The van der Waals surface area contributed by atoms with Crippen LogP contribution in [0.25, 0.3) is 11.3 Å². The lowest BCUT2D eigenvalue weighted by atomic mass is 9.88. The van der Waals surface area contributed by atoms with E-state index in [-0.39, 0.29) is 11.5 Å². The van der Waals surface area contributed by atoms with Gasteiger partial charge in [0.05, 0.1) is 11.4 Å². The van der Waals surface area contributed by atoms with Crippen molar-refractivity contribution in [2.24, 2.45) is 5.41 Å². The van der Waals surface area contributed by atoms with Gasteiger partial charge in [-0.25, -0.2) is 14.8 Å². The van der Waals surface area contributed by atoms with Gasteiger partial charge in [-0.2, -0.15) is 4.98 Å². The summed E-state index contributed by atoms with van der Waals surface area (Å²) in [4.78, 5) is 41.0. The standard InChI is InChI=1S/C38H48N6O4S/c1-25-13-10-14-26(2)34(25)31-20-33(42-35(40-31)43-49-30-17-11-15-27(19-30)23-45)47-24-29(21-37(3,4)5)44(9)22-28-16-12-18-32(39-28)41-36(46)48-38(6,7)8/h10-20,23,29H,21-22,24H2,1-9H3,(H,39,41,46)(H,40,42,43)/t29-/m1/s1. The van der Waals surface area contributed by atoms with Crippen molar-refractivity contribution in [3.05, 3.63) is 89.1 Å². The molecule has 4 rings (SSSR count). The number of pyridine rings is 1. The normalized spacial score (nSPS) is 12.4. The van der Waals surface area contributed by atoms with Gasteiger partial charge in [-0.3, -0.25) is 19.7 Å². The average Bonchev–Trinajstić information content (AvgIpc) is 3.00. The van der Waals surface area contributed by atoms with Crippen molar-refractivity contribution in [1.29, 1.82) is 0 Å². The van der Waals surface area contributed by atoms with E-state index in [1.807, 2.05) is 63.2 Å². The summed E-state index contributed by atoms with van der Waals surface area (Å²) in [7, 11) is 2.05. The number of aryl methyl sites for hydroxylation is 2. The van der Waals surface area contributed by atoms with E-state index < -0.39 is 11.7 Å². The zero-order valence-electron chi connectivity index (χ0n) is 30.0. The Bertz CT molecular complexity index is 1730. The van der Waals surface area contributed by atoms with Crippen molar-refractivity contribution >= 4 is 36.1 Å². The summed E-state index contributed by atoms with van der Waals surface area (Å²) in [6.07, 6.45) is 1.13. The summed E-state index contributed by atoms with van der Waals surface area (Å²) in [6, 6.07) is 21.0. The summed E-state index contributed by atoms with van der Waals surface area (Å²) in [5, 5.41) is 2.73. The van der Waals surface area contributed by atoms with Crippen LogP contribution in [-0.2, 0) is 11.3 Å². The van der Waals surface area contributed by atoms with Crippen molar-refractivity contribution in [3.63, 3.8) is 0 Å². The number of nitrogens with one attached hydrogen (secondary N) is 2. The molecule has 0 radical (unpaired) electrons. The summed E-state index contributed by atoms with van der Waals surface area (Å²) < 4.78 is 15.1. The minimum absolute atomic E-state index is 0.0137. The number of hydrogen-bond donors (Lipinski definition) is 2. The molecule has 1 atom stereocenters. The number of carbonyl (C=O) groups is 2. The van der Waals surface area contributed by atoms with Gasteiger partial charge in [0, 0.05) is 34.7 Å². The van der Waals surface area contributed by atoms with Crippen molar-refractivity contribution in [2.45, 2.75) is 84.9 Å². The maximum atomic E-state index is 12.3. The van der Waals surface area contributed by atoms with E-state index in [2.05, 4.69) is 73.7 Å². The van der Waals surface area contributed by atoms with Gasteiger partial charge >= 0.3 is 6.09 Å². The monoisotopic (exact) mass is 684 g/mol. The molecule has 49 heavy (non-hydrogen) atoms. The van der Waals surface area contributed by atoms with Crippen LogP contribution < -0.4 is 14.8 Å². The molecule has 0 aliphatic heterocycles. The van der Waals surface area contributed by atoms with Crippen LogP contribution in [0.4, 0.5) is 16.6 Å². The number of benzene rings is 2. The van der Waals surface area contributed by atoms with E-state index in [0.29, 0.717) is 36.4 Å². The smallest absolute Gasteiger partial charge is 0.413 e. The molecule has 2 N–H and O–H groups in total. The molecule has 0 saturated carbocycles. The van der Waals surface area contributed by atoms with Crippen LogP contribution in [0.5, 0.6) is 5.88 Å². The average molecular weight is 685 g/mol. The number of nitrogens with zero attached hydrogens (tertiary/aromatic N) is 4. The molecule has 2 aromatic heterocycles. The molecule has 260 valence electrons. The number of likely N-dealkylation sites (N-methyl/N-ethyl adjacent to an activating group) is 1. The van der Waals surface area contributed by atoms with Crippen molar-refractivity contribution in [3.8, 4) is 17.1 Å². The Balaban J connectivity index is 1.56. The third kappa shape index (κ3) is 11.9. The molecule has 0 saturated heterocycles. The van der Waals surface area contributed by atoms with Gasteiger partial charge in [-0.15, -0.1) is 0 Å². The number of aldehydes is 1. The van der Waals surface area contributed by atoms with Crippen LogP contribution in [-0.4, -0.2) is 57.5 Å². The minimum atomic E-state index is -0.607. The highest BCUT2D eigenvalue weighted by Crippen LogP contribution is 2.31. The van der Waals surface area contributed by atoms with Crippen LogP contribution in [0.1, 0.15) is 75.1 Å². The quantitative estimate of drug-likeness (QED) is 0.105. The molecule has 0 aliphatic carbocycles. The van der Waals surface area contributed by atoms with Crippen LogP contribution >= 0.6 is 11.9 Å². The predicted octanol–water partition coefficient (Wildman–Crippen LogP) is 8.75. The Morgan fingerprint density at radius 3 is 2.31 bits per heavy atom. The van der Waals surface area contributed by atoms with E-state index in [1.165, 1.54) is 11.9 Å². The number of amides is 1. The molecule has 0 aliphatic rings. The lowest BCUT2D eigenvalue weighted by Gasteiger charge is -2.33. The fraction of sp³-hybridized carbons (Fsp3) is 0.395. The number of anilines is 2. The Kier molecular flexibility index (Phi) is 12.4. The molecule has 10 nitrogen and oxygen atoms in total. The molecule has 2 heterocycles. The second kappa shape index (κ2) is 16.3. The minimum Gasteiger partial charge on any atom is -0.476 e. The van der Waals surface area contributed by atoms with Crippen LogP contribution in [0.15, 0.2) is 71.6 Å². The topological polar surface area (TPSA) is 119 Å². The number of rotatable bonds is 13. The molecule has 0 fully saturated rings. The van der Waals surface area contributed by atoms with Crippen LogP contribution in [0.2, 0.25) is 0 Å². The van der Waals surface area contributed by atoms with Crippen molar-refractivity contribution in [1.82, 2.24) is 19.9 Å². The van der Waals surface area contributed by atoms with Gasteiger partial charge in [0.25, 0.3) is 0 Å². The molecule has 0 unspecified atom stereocenters. The predicted molar refractivity (Wildman–Crippen MR) is 197 cm³/mol. The third-order valence-corrected chi connectivity index (χ3v) is 8.21. The molecule has 0 bridgehead atoms. The van der Waals surface area contributed by atoms with E-state index in [9.17, 15) is 9.59 Å². The summed E-state index contributed by atoms with van der Waals surface area (Å²) in [5.74, 6) is 1.28. The van der Waals surface area contributed by atoms with E-state index >= 15 is 0 Å². The van der Waals surface area contributed by atoms with Gasteiger partial charge in [0.15, 0.2) is 0 Å². The highest BCUT2D eigenvalue weighted by atomic mass is 32.2. The Hall–Kier alpha value is -4.48. The molecular formula is C38H48N6O4S. The molecular weight excluding hydrogens is 637 g/mol. The fourth-order valence-corrected chi connectivity index (χ4v) is 5.95. The van der Waals surface area contributed by atoms with E-state index in [0.717, 1.165) is 45.7 Å². The second-order valence-electron chi connectivity index (χ2n) is 14.4. The maximum Gasteiger partial charge on any atom is 0.413 e. The van der Waals surface area contributed by atoms with E-state index in [1.54, 1.807) is 12.1 Å². The second-order valence-corrected chi connectivity index (χ2v) is 15.2. The molecule has 11 heteroatoms. The van der Waals surface area contributed by atoms with E-state index in [4.69, 9.17) is 19.4 Å². The molecule has 0 spiro atoms. The third-order valence-electron chi connectivity index (χ3n) is 7.44. The first-order chi connectivity index (χ1) is 23.1. The summed E-state index contributed by atoms with van der Waals surface area (Å²) >= 11 is 1.33. The summed E-state index contributed by atoms with van der Waals surface area (Å²) in [6.45, 7) is 17.1. The Morgan fingerprint density at radius 2 is 1.63 bits per heavy atom. The molecule has 4 aromatic rings. The van der Waals surface area contributed by atoms with Crippen molar-refractivity contribution in [2.75, 3.05) is 23.7 Å².